The first-order valence-electron chi connectivity index (χ1n) is 16.0. The first-order chi connectivity index (χ1) is 22.9. The van der Waals surface area contributed by atoms with Crippen LogP contribution in [0.3, 0.4) is 0 Å². The standard InChI is InChI=1S/C33H38Cl2F6N6O2/c1-32(2,3)30(49)42-14-17-4-9-22(34)28(27(17)35)45-31-44-23-12-21(29(48)43-20-7-5-18(6-8-20)33(39,40)41)24(46-11-10-19(36)15-46)13-25(23)47(31)16-26(37)38/h4,9,12-13,18-20,26H,5-8,10-11,14-16H2,1-3H3,(H,42,49)(H,43,48)(H,44,45)/t18?,19-,20?/m1/s1. The summed E-state index contributed by atoms with van der Waals surface area (Å²) >= 11 is 13.2. The fraction of sp³-hybridized carbons (Fsp3) is 0.545. The van der Waals surface area contributed by atoms with Crippen molar-refractivity contribution in [3.63, 3.8) is 0 Å². The summed E-state index contributed by atoms with van der Waals surface area (Å²) in [5, 5.41) is 8.88. The lowest BCUT2D eigenvalue weighted by molar-refractivity contribution is -0.182. The quantitative estimate of drug-likeness (QED) is 0.192. The molecule has 2 amide bonds. The molecule has 0 spiro atoms. The second kappa shape index (κ2) is 14.5. The van der Waals surface area contributed by atoms with Gasteiger partial charge in [0.2, 0.25) is 11.9 Å². The number of hydrogen-bond donors (Lipinski definition) is 3. The van der Waals surface area contributed by atoms with Crippen LogP contribution >= 0.6 is 23.2 Å². The van der Waals surface area contributed by atoms with E-state index in [0.717, 1.165) is 0 Å². The predicted octanol–water partition coefficient (Wildman–Crippen LogP) is 8.41. The molecule has 5 rings (SSSR count). The number of carbonyl (C=O) groups is 2. The van der Waals surface area contributed by atoms with Crippen molar-refractivity contribution in [2.75, 3.05) is 23.3 Å². The van der Waals surface area contributed by atoms with Crippen LogP contribution in [-0.4, -0.2) is 59.3 Å². The van der Waals surface area contributed by atoms with Gasteiger partial charge in [-0.05, 0) is 55.9 Å². The molecule has 268 valence electrons. The monoisotopic (exact) mass is 734 g/mol. The zero-order valence-corrected chi connectivity index (χ0v) is 28.7. The van der Waals surface area contributed by atoms with Crippen molar-refractivity contribution in [2.45, 2.75) is 90.8 Å². The number of halogens is 8. The Morgan fingerprint density at radius 2 is 1.73 bits per heavy atom. The van der Waals surface area contributed by atoms with E-state index in [0.29, 0.717) is 11.3 Å². The lowest BCUT2D eigenvalue weighted by atomic mass is 9.85. The highest BCUT2D eigenvalue weighted by atomic mass is 35.5. The van der Waals surface area contributed by atoms with Gasteiger partial charge in [-0.3, -0.25) is 9.59 Å². The van der Waals surface area contributed by atoms with Crippen molar-refractivity contribution in [3.8, 4) is 0 Å². The number of amides is 2. The minimum Gasteiger partial charge on any atom is -0.368 e. The number of benzene rings is 2. The van der Waals surface area contributed by atoms with Gasteiger partial charge in [0.05, 0.1) is 50.5 Å². The Morgan fingerprint density at radius 3 is 2.33 bits per heavy atom. The number of carbonyl (C=O) groups excluding carboxylic acids is 2. The van der Waals surface area contributed by atoms with Gasteiger partial charge in [0.1, 0.15) is 6.17 Å². The highest BCUT2D eigenvalue weighted by Gasteiger charge is 2.41. The maximum absolute atomic E-state index is 14.4. The summed E-state index contributed by atoms with van der Waals surface area (Å²) < 4.78 is 83.2. The Hall–Kier alpha value is -3.39. The van der Waals surface area contributed by atoms with Crippen molar-refractivity contribution in [1.29, 1.82) is 0 Å². The minimum atomic E-state index is -4.30. The number of imidazole rings is 1. The van der Waals surface area contributed by atoms with Gasteiger partial charge in [-0.2, -0.15) is 13.2 Å². The zero-order valence-electron chi connectivity index (χ0n) is 27.2. The van der Waals surface area contributed by atoms with Crippen LogP contribution in [0.15, 0.2) is 24.3 Å². The Bertz CT molecular complexity index is 1700. The number of rotatable bonds is 9. The average molecular weight is 736 g/mol. The molecular weight excluding hydrogens is 697 g/mol. The number of alkyl halides is 6. The van der Waals surface area contributed by atoms with Gasteiger partial charge in [0, 0.05) is 31.1 Å². The molecule has 3 aromatic rings. The van der Waals surface area contributed by atoms with Gasteiger partial charge in [-0.15, -0.1) is 0 Å². The average Bonchev–Trinajstić information content (AvgIpc) is 3.59. The molecule has 8 nitrogen and oxygen atoms in total. The van der Waals surface area contributed by atoms with Crippen LogP contribution < -0.4 is 20.9 Å². The Morgan fingerprint density at radius 1 is 1.04 bits per heavy atom. The first kappa shape index (κ1) is 36.9. The second-order valence-electron chi connectivity index (χ2n) is 13.6. The van der Waals surface area contributed by atoms with Gasteiger partial charge < -0.3 is 25.4 Å². The highest BCUT2D eigenvalue weighted by molar-refractivity contribution is 6.39. The Kier molecular flexibility index (Phi) is 10.9. The normalized spacial score (nSPS) is 20.2. The third kappa shape index (κ3) is 8.50. The van der Waals surface area contributed by atoms with Gasteiger partial charge in [0.25, 0.3) is 12.3 Å². The molecule has 2 aromatic carbocycles. The summed E-state index contributed by atoms with van der Waals surface area (Å²) in [4.78, 5) is 32.3. The van der Waals surface area contributed by atoms with E-state index in [-0.39, 0.29) is 95.9 Å². The van der Waals surface area contributed by atoms with Crippen LogP contribution in [0, 0.1) is 11.3 Å². The van der Waals surface area contributed by atoms with E-state index in [2.05, 4.69) is 20.9 Å². The third-order valence-electron chi connectivity index (χ3n) is 8.96. The predicted molar refractivity (Wildman–Crippen MR) is 178 cm³/mol. The van der Waals surface area contributed by atoms with Crippen LogP contribution in [-0.2, 0) is 17.9 Å². The number of nitrogens with zero attached hydrogens (tertiary/aromatic N) is 3. The molecule has 1 saturated heterocycles. The largest absolute Gasteiger partial charge is 0.391 e. The van der Waals surface area contributed by atoms with E-state index < -0.39 is 48.6 Å². The van der Waals surface area contributed by atoms with Gasteiger partial charge in [-0.1, -0.05) is 50.0 Å². The summed E-state index contributed by atoms with van der Waals surface area (Å²) in [6, 6.07) is 5.59. The molecule has 2 aliphatic rings. The van der Waals surface area contributed by atoms with E-state index in [1.54, 1.807) is 31.7 Å². The Labute approximate surface area is 289 Å². The maximum Gasteiger partial charge on any atom is 0.391 e. The molecular formula is C33H38Cl2F6N6O2. The van der Waals surface area contributed by atoms with E-state index in [4.69, 9.17) is 23.2 Å². The summed E-state index contributed by atoms with van der Waals surface area (Å²) in [5.74, 6) is -2.28. The number of hydrogen-bond acceptors (Lipinski definition) is 5. The summed E-state index contributed by atoms with van der Waals surface area (Å²) in [6.07, 6.45) is -8.03. The molecule has 1 aliphatic heterocycles. The molecule has 16 heteroatoms. The smallest absolute Gasteiger partial charge is 0.368 e. The SMILES string of the molecule is CC(C)(C)C(=O)NCc1ccc(Cl)c(Nc2nc3cc(C(=O)NC4CCC(C(F)(F)F)CC4)c(N4CC[C@@H](F)C4)cc3n2CC(F)F)c1Cl. The van der Waals surface area contributed by atoms with Gasteiger partial charge >= 0.3 is 6.18 Å². The van der Waals surface area contributed by atoms with Crippen molar-refractivity contribution >= 4 is 63.4 Å². The van der Waals surface area contributed by atoms with Crippen molar-refractivity contribution in [2.24, 2.45) is 11.3 Å². The molecule has 0 bridgehead atoms. The number of anilines is 3. The van der Waals surface area contributed by atoms with Gasteiger partial charge in [-0.25, -0.2) is 18.2 Å². The molecule has 1 aromatic heterocycles. The fourth-order valence-corrected chi connectivity index (χ4v) is 6.72. The molecule has 49 heavy (non-hydrogen) atoms. The van der Waals surface area contributed by atoms with Crippen LogP contribution in [0.5, 0.6) is 0 Å². The van der Waals surface area contributed by atoms with Crippen LogP contribution in [0.1, 0.15) is 68.8 Å². The summed E-state index contributed by atoms with van der Waals surface area (Å²) in [6.45, 7) is 4.79. The lowest BCUT2D eigenvalue weighted by Gasteiger charge is -2.30. The van der Waals surface area contributed by atoms with Crippen molar-refractivity contribution in [3.05, 3.63) is 45.4 Å². The molecule has 1 aliphatic carbocycles. The molecule has 0 unspecified atom stereocenters. The number of fused-ring (bicyclic) bond motifs is 1. The minimum absolute atomic E-state index is 0.0275. The second-order valence-corrected chi connectivity index (χ2v) is 14.4. The topological polar surface area (TPSA) is 91.3 Å². The van der Waals surface area contributed by atoms with E-state index in [1.807, 2.05) is 0 Å². The zero-order chi connectivity index (χ0) is 35.8. The van der Waals surface area contributed by atoms with Crippen molar-refractivity contribution < 1.29 is 35.9 Å². The molecule has 3 N–H and O–H groups in total. The first-order valence-corrected chi connectivity index (χ1v) is 16.8. The maximum atomic E-state index is 14.4. The molecule has 2 heterocycles. The van der Waals surface area contributed by atoms with E-state index in [1.165, 1.54) is 22.8 Å². The third-order valence-corrected chi connectivity index (χ3v) is 9.70. The fourth-order valence-electron chi connectivity index (χ4n) is 6.19. The van der Waals surface area contributed by atoms with Crippen LogP contribution in [0.2, 0.25) is 10.0 Å². The van der Waals surface area contributed by atoms with E-state index in [9.17, 15) is 35.9 Å². The Balaban J connectivity index is 1.50. The molecule has 1 atom stereocenters. The summed E-state index contributed by atoms with van der Waals surface area (Å²) in [7, 11) is 0. The van der Waals surface area contributed by atoms with E-state index >= 15 is 0 Å². The lowest BCUT2D eigenvalue weighted by Crippen LogP contribution is -2.40. The van der Waals surface area contributed by atoms with Gasteiger partial charge in [0.15, 0.2) is 0 Å². The summed E-state index contributed by atoms with van der Waals surface area (Å²) in [5.41, 5.74) is 0.788. The molecule has 0 radical (unpaired) electrons. The number of aromatic nitrogens is 2. The van der Waals surface area contributed by atoms with Crippen LogP contribution in [0.4, 0.5) is 43.7 Å². The number of nitrogens with one attached hydrogen (secondary N) is 3. The molecule has 1 saturated carbocycles. The molecule has 2 fully saturated rings. The highest BCUT2D eigenvalue weighted by Crippen LogP contribution is 2.40. The van der Waals surface area contributed by atoms with Crippen LogP contribution in [0.25, 0.3) is 11.0 Å². The van der Waals surface area contributed by atoms with Crippen molar-refractivity contribution in [1.82, 2.24) is 20.2 Å².